The summed E-state index contributed by atoms with van der Waals surface area (Å²) in [5.41, 5.74) is 1.05. The Hall–Kier alpha value is -1.91. The third-order valence-corrected chi connectivity index (χ3v) is 2.33. The van der Waals surface area contributed by atoms with Crippen LogP contribution in [0.25, 0.3) is 0 Å². The highest BCUT2D eigenvalue weighted by Crippen LogP contribution is 2.18. The first-order chi connectivity index (χ1) is 7.50. The third kappa shape index (κ3) is 3.34. The molecule has 0 saturated carbocycles. The van der Waals surface area contributed by atoms with Crippen molar-refractivity contribution >= 4 is 11.6 Å². The van der Waals surface area contributed by atoms with E-state index in [9.17, 15) is 14.9 Å². The number of carbonyl (C=O) groups is 1. The van der Waals surface area contributed by atoms with E-state index < -0.39 is 4.92 Å². The lowest BCUT2D eigenvalue weighted by atomic mass is 10.0. The number of hydrogen-bond acceptors (Lipinski definition) is 3. The average Bonchev–Trinajstić information content (AvgIpc) is 2.26. The van der Waals surface area contributed by atoms with Gasteiger partial charge in [0.15, 0.2) is 0 Å². The molecule has 1 amide bonds. The predicted molar refractivity (Wildman–Crippen MR) is 60.2 cm³/mol. The van der Waals surface area contributed by atoms with Gasteiger partial charge >= 0.3 is 0 Å². The molecule has 1 atom stereocenters. The molecule has 0 fully saturated rings. The second-order valence-corrected chi connectivity index (χ2v) is 3.69. The number of rotatable bonds is 4. The van der Waals surface area contributed by atoms with Crippen LogP contribution in [0.2, 0.25) is 0 Å². The van der Waals surface area contributed by atoms with Crippen LogP contribution < -0.4 is 5.32 Å². The normalized spacial score (nSPS) is 11.9. The lowest BCUT2D eigenvalue weighted by molar-refractivity contribution is -0.384. The van der Waals surface area contributed by atoms with Crippen LogP contribution in [0.1, 0.15) is 25.3 Å². The van der Waals surface area contributed by atoms with E-state index in [1.54, 1.807) is 12.1 Å². The van der Waals surface area contributed by atoms with Gasteiger partial charge in [-0.25, -0.2) is 0 Å². The van der Waals surface area contributed by atoms with Gasteiger partial charge < -0.3 is 5.32 Å². The lowest BCUT2D eigenvalue weighted by Gasteiger charge is -2.11. The van der Waals surface area contributed by atoms with Crippen LogP contribution >= 0.6 is 0 Å². The molecular formula is C11H14N2O3. The predicted octanol–water partition coefficient (Wildman–Crippen LogP) is 1.83. The molecule has 0 saturated heterocycles. The van der Waals surface area contributed by atoms with Gasteiger partial charge in [0.1, 0.15) is 0 Å². The number of nitro benzene ring substituents is 1. The van der Waals surface area contributed by atoms with Crippen molar-refractivity contribution in [3.63, 3.8) is 0 Å². The summed E-state index contributed by atoms with van der Waals surface area (Å²) < 4.78 is 0. The summed E-state index contributed by atoms with van der Waals surface area (Å²) in [7, 11) is 0. The van der Waals surface area contributed by atoms with Crippen molar-refractivity contribution in [3.8, 4) is 0 Å². The fourth-order valence-corrected chi connectivity index (χ4v) is 1.34. The molecule has 1 rings (SSSR count). The molecule has 0 bridgehead atoms. The molecule has 0 heterocycles. The number of nitrogens with one attached hydrogen (secondary N) is 1. The Kier molecular flexibility index (Phi) is 3.99. The highest BCUT2D eigenvalue weighted by atomic mass is 16.6. The minimum absolute atomic E-state index is 0.0752. The average molecular weight is 222 g/mol. The van der Waals surface area contributed by atoms with E-state index in [0.717, 1.165) is 5.56 Å². The van der Waals surface area contributed by atoms with Crippen molar-refractivity contribution in [1.82, 2.24) is 5.32 Å². The Balaban J connectivity index is 2.66. The first kappa shape index (κ1) is 12.2. The Labute approximate surface area is 93.6 Å². The summed E-state index contributed by atoms with van der Waals surface area (Å²) in [6.45, 7) is 3.95. The minimum Gasteiger partial charge on any atom is -0.356 e. The summed E-state index contributed by atoms with van der Waals surface area (Å²) in [6, 6.07) is 6.37. The molecule has 0 aliphatic carbocycles. The molecule has 0 radical (unpaired) electrons. The van der Waals surface area contributed by atoms with Crippen molar-refractivity contribution in [2.45, 2.75) is 19.8 Å². The quantitative estimate of drug-likeness (QED) is 0.624. The Bertz CT molecular complexity index is 387. The number of carbonyl (C=O) groups excluding carboxylic acids is 1. The molecule has 5 nitrogen and oxygen atoms in total. The standard InChI is InChI=1S/C11H14N2O3/c1-8(7-12-9(2)14)10-3-5-11(6-4-10)13(15)16/h3-6,8H,7H2,1-2H3,(H,12,14)/t8-/m0/s1. The maximum atomic E-state index is 10.7. The SMILES string of the molecule is CC(=O)NC[C@H](C)c1ccc([N+](=O)[O-])cc1. The molecule has 5 heteroatoms. The molecule has 1 N–H and O–H groups in total. The second kappa shape index (κ2) is 5.25. The first-order valence-corrected chi connectivity index (χ1v) is 4.99. The van der Waals surface area contributed by atoms with Crippen LogP contribution in [0, 0.1) is 10.1 Å². The molecule has 1 aromatic rings. The van der Waals surface area contributed by atoms with Crippen molar-refractivity contribution in [3.05, 3.63) is 39.9 Å². The maximum Gasteiger partial charge on any atom is 0.269 e. The number of nitro groups is 1. The zero-order valence-electron chi connectivity index (χ0n) is 9.27. The first-order valence-electron chi connectivity index (χ1n) is 4.99. The van der Waals surface area contributed by atoms with Crippen LogP contribution in [-0.2, 0) is 4.79 Å². The zero-order valence-corrected chi connectivity index (χ0v) is 9.27. The van der Waals surface area contributed by atoms with Gasteiger partial charge in [-0.15, -0.1) is 0 Å². The van der Waals surface area contributed by atoms with Gasteiger partial charge in [0.05, 0.1) is 4.92 Å². The summed E-state index contributed by atoms with van der Waals surface area (Å²) in [4.78, 5) is 20.7. The van der Waals surface area contributed by atoms with Crippen molar-refractivity contribution < 1.29 is 9.72 Å². The van der Waals surface area contributed by atoms with Crippen molar-refractivity contribution in [1.29, 1.82) is 0 Å². The number of non-ortho nitro benzene ring substituents is 1. The number of hydrogen-bond donors (Lipinski definition) is 1. The van der Waals surface area contributed by atoms with Crippen LogP contribution in [0.15, 0.2) is 24.3 Å². The molecule has 0 unspecified atom stereocenters. The molecule has 0 aliphatic heterocycles. The molecule has 1 aromatic carbocycles. The summed E-state index contributed by atoms with van der Waals surface area (Å²) in [6.07, 6.45) is 0. The van der Waals surface area contributed by atoms with Crippen LogP contribution in [0.3, 0.4) is 0 Å². The van der Waals surface area contributed by atoms with Crippen molar-refractivity contribution in [2.75, 3.05) is 6.54 Å². The monoisotopic (exact) mass is 222 g/mol. The van der Waals surface area contributed by atoms with E-state index >= 15 is 0 Å². The summed E-state index contributed by atoms with van der Waals surface area (Å²) in [5, 5.41) is 13.2. The van der Waals surface area contributed by atoms with E-state index in [1.807, 2.05) is 6.92 Å². The molecule has 16 heavy (non-hydrogen) atoms. The lowest BCUT2D eigenvalue weighted by Crippen LogP contribution is -2.24. The zero-order chi connectivity index (χ0) is 12.1. The van der Waals surface area contributed by atoms with Gasteiger partial charge in [0.25, 0.3) is 5.69 Å². The van der Waals surface area contributed by atoms with Crippen molar-refractivity contribution in [2.24, 2.45) is 0 Å². The maximum absolute atomic E-state index is 10.7. The molecule has 0 spiro atoms. The molecule has 86 valence electrons. The second-order valence-electron chi connectivity index (χ2n) is 3.69. The highest BCUT2D eigenvalue weighted by molar-refractivity contribution is 5.72. The molecular weight excluding hydrogens is 208 g/mol. The third-order valence-electron chi connectivity index (χ3n) is 2.33. The van der Waals surface area contributed by atoms with E-state index in [1.165, 1.54) is 19.1 Å². The van der Waals surface area contributed by atoms with Gasteiger partial charge in [-0.2, -0.15) is 0 Å². The van der Waals surface area contributed by atoms with Gasteiger partial charge in [-0.3, -0.25) is 14.9 Å². The Morgan fingerprint density at radius 2 is 2.00 bits per heavy atom. The number of amides is 1. The smallest absolute Gasteiger partial charge is 0.269 e. The fraction of sp³-hybridized carbons (Fsp3) is 0.364. The Morgan fingerprint density at radius 1 is 1.44 bits per heavy atom. The van der Waals surface area contributed by atoms with E-state index in [0.29, 0.717) is 6.54 Å². The number of nitrogens with zero attached hydrogens (tertiary/aromatic N) is 1. The topological polar surface area (TPSA) is 72.2 Å². The van der Waals surface area contributed by atoms with Gasteiger partial charge in [0, 0.05) is 25.6 Å². The van der Waals surface area contributed by atoms with Crippen LogP contribution in [0.4, 0.5) is 5.69 Å². The minimum atomic E-state index is -0.428. The largest absolute Gasteiger partial charge is 0.356 e. The summed E-state index contributed by atoms with van der Waals surface area (Å²) in [5.74, 6) is 0.0680. The van der Waals surface area contributed by atoms with Crippen LogP contribution in [-0.4, -0.2) is 17.4 Å². The molecule has 0 aromatic heterocycles. The fourth-order valence-electron chi connectivity index (χ4n) is 1.34. The molecule has 0 aliphatic rings. The van der Waals surface area contributed by atoms with E-state index in [-0.39, 0.29) is 17.5 Å². The summed E-state index contributed by atoms with van der Waals surface area (Å²) >= 11 is 0. The van der Waals surface area contributed by atoms with Crippen LogP contribution in [0.5, 0.6) is 0 Å². The van der Waals surface area contributed by atoms with E-state index in [2.05, 4.69) is 5.32 Å². The van der Waals surface area contributed by atoms with Gasteiger partial charge in [-0.05, 0) is 11.5 Å². The van der Waals surface area contributed by atoms with Gasteiger partial charge in [0.2, 0.25) is 5.91 Å². The highest BCUT2D eigenvalue weighted by Gasteiger charge is 2.09. The Morgan fingerprint density at radius 3 is 2.44 bits per heavy atom. The van der Waals surface area contributed by atoms with Gasteiger partial charge in [-0.1, -0.05) is 19.1 Å². The van der Waals surface area contributed by atoms with E-state index in [4.69, 9.17) is 0 Å². The number of benzene rings is 1.